The van der Waals surface area contributed by atoms with Gasteiger partial charge in [-0.2, -0.15) is 4.98 Å². The second kappa shape index (κ2) is 10.5. The molecule has 2 aromatic heterocycles. The van der Waals surface area contributed by atoms with E-state index < -0.39 is 0 Å². The van der Waals surface area contributed by atoms with E-state index in [2.05, 4.69) is 21.4 Å². The van der Waals surface area contributed by atoms with Crippen LogP contribution in [0.3, 0.4) is 0 Å². The zero-order valence-corrected chi connectivity index (χ0v) is 20.7. The summed E-state index contributed by atoms with van der Waals surface area (Å²) < 4.78 is 16.5. The average molecular weight is 491 g/mol. The van der Waals surface area contributed by atoms with E-state index in [1.54, 1.807) is 0 Å². The molecule has 6 rings (SSSR count). The van der Waals surface area contributed by atoms with Crippen LogP contribution in [-0.4, -0.2) is 41.0 Å². The zero-order chi connectivity index (χ0) is 24.3. The number of anilines is 1. The molecule has 0 radical (unpaired) electrons. The van der Waals surface area contributed by atoms with E-state index in [0.717, 1.165) is 72.9 Å². The Bertz CT molecular complexity index is 1170. The highest BCUT2D eigenvalue weighted by molar-refractivity contribution is 5.95. The molecular weight excluding hydrogens is 456 g/mol. The fourth-order valence-corrected chi connectivity index (χ4v) is 4.95. The topological polar surface area (TPSA) is 94.5 Å². The quantitative estimate of drug-likeness (QED) is 0.320. The standard InChI is InChI=1S/C28H34N4O4/c33-28(21-12-15-34-16-13-21)32(14-3-1-2-7-26-29-27(31-36-26)20-10-11-20)23-6-4-5-22(17-23)24-18-25(35-30-24)19-8-9-19/h4-6,17-21H,1-3,7-16H2. The molecule has 1 saturated heterocycles. The number of ether oxygens (including phenoxy) is 1. The smallest absolute Gasteiger partial charge is 0.230 e. The predicted octanol–water partition coefficient (Wildman–Crippen LogP) is 5.65. The third kappa shape index (κ3) is 5.53. The highest BCUT2D eigenvalue weighted by atomic mass is 16.5. The Morgan fingerprint density at radius 3 is 2.56 bits per heavy atom. The second-order valence-electron chi connectivity index (χ2n) is 10.4. The number of amides is 1. The fourth-order valence-electron chi connectivity index (χ4n) is 4.95. The summed E-state index contributed by atoms with van der Waals surface area (Å²) in [6.07, 6.45) is 9.93. The Morgan fingerprint density at radius 2 is 1.75 bits per heavy atom. The number of aromatic nitrogens is 3. The van der Waals surface area contributed by atoms with Crippen molar-refractivity contribution in [1.82, 2.24) is 15.3 Å². The predicted molar refractivity (Wildman–Crippen MR) is 134 cm³/mol. The summed E-state index contributed by atoms with van der Waals surface area (Å²) in [4.78, 5) is 20.1. The summed E-state index contributed by atoms with van der Waals surface area (Å²) >= 11 is 0. The lowest BCUT2D eigenvalue weighted by molar-refractivity contribution is -0.125. The Labute approximate surface area is 211 Å². The van der Waals surface area contributed by atoms with E-state index in [-0.39, 0.29) is 11.8 Å². The summed E-state index contributed by atoms with van der Waals surface area (Å²) in [5.41, 5.74) is 2.74. The molecule has 3 aromatic rings. The largest absolute Gasteiger partial charge is 0.381 e. The van der Waals surface area contributed by atoms with Gasteiger partial charge in [-0.15, -0.1) is 0 Å². The first-order valence-corrected chi connectivity index (χ1v) is 13.5. The van der Waals surface area contributed by atoms with Gasteiger partial charge in [-0.1, -0.05) is 28.9 Å². The van der Waals surface area contributed by atoms with Crippen LogP contribution in [0.2, 0.25) is 0 Å². The van der Waals surface area contributed by atoms with Crippen molar-refractivity contribution in [1.29, 1.82) is 0 Å². The number of carbonyl (C=O) groups is 1. The first kappa shape index (κ1) is 23.4. The molecule has 2 saturated carbocycles. The number of hydrogen-bond donors (Lipinski definition) is 0. The number of hydrogen-bond acceptors (Lipinski definition) is 7. The Kier molecular flexibility index (Phi) is 6.86. The lowest BCUT2D eigenvalue weighted by atomic mass is 9.97. The number of aryl methyl sites for hydroxylation is 1. The summed E-state index contributed by atoms with van der Waals surface area (Å²) in [6, 6.07) is 10.2. The van der Waals surface area contributed by atoms with Gasteiger partial charge in [0.15, 0.2) is 5.82 Å². The van der Waals surface area contributed by atoms with Crippen molar-refractivity contribution >= 4 is 11.6 Å². The molecule has 2 aliphatic carbocycles. The molecule has 1 aliphatic heterocycles. The summed E-state index contributed by atoms with van der Waals surface area (Å²) in [7, 11) is 0. The van der Waals surface area contributed by atoms with Crippen molar-refractivity contribution in [2.75, 3.05) is 24.7 Å². The van der Waals surface area contributed by atoms with Gasteiger partial charge in [0, 0.05) is 61.3 Å². The third-order valence-corrected chi connectivity index (χ3v) is 7.50. The van der Waals surface area contributed by atoms with Gasteiger partial charge in [-0.25, -0.2) is 0 Å². The lowest BCUT2D eigenvalue weighted by Crippen LogP contribution is -2.39. The van der Waals surface area contributed by atoms with Crippen LogP contribution in [0.5, 0.6) is 0 Å². The van der Waals surface area contributed by atoms with Gasteiger partial charge in [-0.3, -0.25) is 4.79 Å². The molecule has 0 N–H and O–H groups in total. The molecule has 0 spiro atoms. The molecule has 3 aliphatic rings. The normalized spacial score (nSPS) is 18.4. The number of unbranched alkanes of at least 4 members (excludes halogenated alkanes) is 2. The molecule has 3 heterocycles. The Hall–Kier alpha value is -3.00. The van der Waals surface area contributed by atoms with Crippen LogP contribution in [0.4, 0.5) is 5.69 Å². The average Bonchev–Trinajstić information content (AvgIpc) is 3.86. The molecule has 36 heavy (non-hydrogen) atoms. The Morgan fingerprint density at radius 1 is 0.917 bits per heavy atom. The minimum absolute atomic E-state index is 0.00941. The first-order chi connectivity index (χ1) is 17.7. The van der Waals surface area contributed by atoms with E-state index in [4.69, 9.17) is 13.8 Å². The fraction of sp³-hybridized carbons (Fsp3) is 0.571. The van der Waals surface area contributed by atoms with Gasteiger partial charge in [0.1, 0.15) is 11.5 Å². The highest BCUT2D eigenvalue weighted by Gasteiger charge is 2.30. The van der Waals surface area contributed by atoms with Crippen molar-refractivity contribution in [2.45, 2.75) is 76.0 Å². The van der Waals surface area contributed by atoms with Gasteiger partial charge in [0.2, 0.25) is 11.8 Å². The van der Waals surface area contributed by atoms with Crippen LogP contribution in [0.25, 0.3) is 11.3 Å². The van der Waals surface area contributed by atoms with Crippen molar-refractivity contribution < 1.29 is 18.6 Å². The van der Waals surface area contributed by atoms with E-state index >= 15 is 0 Å². The summed E-state index contributed by atoms with van der Waals surface area (Å²) in [5.74, 6) is 3.81. The van der Waals surface area contributed by atoms with E-state index in [9.17, 15) is 4.79 Å². The maximum atomic E-state index is 13.6. The van der Waals surface area contributed by atoms with Crippen molar-refractivity contribution in [2.24, 2.45) is 5.92 Å². The van der Waals surface area contributed by atoms with Crippen LogP contribution >= 0.6 is 0 Å². The highest BCUT2D eigenvalue weighted by Crippen LogP contribution is 2.41. The zero-order valence-electron chi connectivity index (χ0n) is 20.7. The first-order valence-electron chi connectivity index (χ1n) is 13.5. The maximum Gasteiger partial charge on any atom is 0.230 e. The monoisotopic (exact) mass is 490 g/mol. The van der Waals surface area contributed by atoms with Crippen LogP contribution in [0.15, 0.2) is 39.4 Å². The molecule has 3 fully saturated rings. The van der Waals surface area contributed by atoms with Gasteiger partial charge < -0.3 is 18.7 Å². The molecule has 0 bridgehead atoms. The van der Waals surface area contributed by atoms with Gasteiger partial charge in [-0.05, 0) is 63.5 Å². The number of benzene rings is 1. The lowest BCUT2D eigenvalue weighted by Gasteiger charge is -2.30. The maximum absolute atomic E-state index is 13.6. The molecule has 8 heteroatoms. The van der Waals surface area contributed by atoms with E-state index in [1.165, 1.54) is 25.7 Å². The molecule has 8 nitrogen and oxygen atoms in total. The van der Waals surface area contributed by atoms with Crippen LogP contribution in [-0.2, 0) is 16.0 Å². The van der Waals surface area contributed by atoms with Crippen LogP contribution in [0, 0.1) is 5.92 Å². The van der Waals surface area contributed by atoms with Crippen molar-refractivity contribution in [3.63, 3.8) is 0 Å². The van der Waals surface area contributed by atoms with Gasteiger partial charge in [0.05, 0.1) is 0 Å². The van der Waals surface area contributed by atoms with Gasteiger partial charge in [0.25, 0.3) is 0 Å². The molecule has 0 unspecified atom stereocenters. The van der Waals surface area contributed by atoms with Crippen molar-refractivity contribution in [3.8, 4) is 11.3 Å². The number of carbonyl (C=O) groups excluding carboxylic acids is 1. The third-order valence-electron chi connectivity index (χ3n) is 7.50. The minimum Gasteiger partial charge on any atom is -0.381 e. The number of rotatable bonds is 11. The Balaban J connectivity index is 1.11. The molecular formula is C28H34N4O4. The second-order valence-corrected chi connectivity index (χ2v) is 10.4. The van der Waals surface area contributed by atoms with E-state index in [0.29, 0.717) is 31.6 Å². The summed E-state index contributed by atoms with van der Waals surface area (Å²) in [5, 5.41) is 8.41. The van der Waals surface area contributed by atoms with Crippen LogP contribution in [0.1, 0.15) is 87.1 Å². The van der Waals surface area contributed by atoms with E-state index in [1.807, 2.05) is 29.2 Å². The summed E-state index contributed by atoms with van der Waals surface area (Å²) in [6.45, 7) is 1.99. The van der Waals surface area contributed by atoms with Gasteiger partial charge >= 0.3 is 0 Å². The molecule has 1 aromatic carbocycles. The van der Waals surface area contributed by atoms with Crippen LogP contribution < -0.4 is 4.90 Å². The number of nitrogens with zero attached hydrogens (tertiary/aromatic N) is 4. The molecule has 190 valence electrons. The molecule has 1 amide bonds. The SMILES string of the molecule is O=C(C1CCOCC1)N(CCCCCc1nc(C2CC2)no1)c1cccc(-c2cc(C3CC3)on2)c1. The van der Waals surface area contributed by atoms with Crippen molar-refractivity contribution in [3.05, 3.63) is 47.8 Å². The molecule has 0 atom stereocenters. The minimum atomic E-state index is 0.00941.